The Morgan fingerprint density at radius 1 is 0.597 bits per heavy atom. The zero-order valence-corrected chi connectivity index (χ0v) is 35.6. The molecule has 0 saturated heterocycles. The summed E-state index contributed by atoms with van der Waals surface area (Å²) < 4.78 is 15.6. The topological polar surface area (TPSA) is 161 Å². The van der Waals surface area contributed by atoms with Gasteiger partial charge in [-0.1, -0.05) is 48.5 Å². The number of carbonyl (C=O) groups is 2. The molecule has 2 N–H and O–H groups in total. The number of hydrogen-bond acceptors (Lipinski definition) is 10. The summed E-state index contributed by atoms with van der Waals surface area (Å²) in [5.74, 6) is 0.548. The molecule has 10 rings (SSSR count). The van der Waals surface area contributed by atoms with Gasteiger partial charge < -0.3 is 29.5 Å². The quantitative estimate of drug-likeness (QED) is 0.156. The lowest BCUT2D eigenvalue weighted by Crippen LogP contribution is -2.27. The van der Waals surface area contributed by atoms with Gasteiger partial charge in [0, 0.05) is 76.2 Å². The van der Waals surface area contributed by atoms with Crippen LogP contribution in [0.3, 0.4) is 0 Å². The third-order valence-electron chi connectivity index (χ3n) is 12.4. The first-order chi connectivity index (χ1) is 30.0. The number of rotatable bonds is 10. The van der Waals surface area contributed by atoms with E-state index in [4.69, 9.17) is 9.47 Å². The number of hydrogen-bond donors (Lipinski definition) is 2. The van der Waals surface area contributed by atoms with Crippen LogP contribution in [-0.2, 0) is 40.3 Å². The van der Waals surface area contributed by atoms with Crippen molar-refractivity contribution in [1.29, 1.82) is 0 Å². The summed E-state index contributed by atoms with van der Waals surface area (Å²) in [7, 11) is 3.84. The van der Waals surface area contributed by atoms with Crippen molar-refractivity contribution in [3.63, 3.8) is 0 Å². The van der Waals surface area contributed by atoms with Crippen LogP contribution in [0.2, 0.25) is 0 Å². The predicted molar refractivity (Wildman–Crippen MR) is 231 cm³/mol. The molecule has 0 radical (unpaired) electrons. The van der Waals surface area contributed by atoms with Crippen molar-refractivity contribution < 1.29 is 29.3 Å². The Kier molecular flexibility index (Phi) is 11.4. The monoisotopic (exact) mass is 836 g/mol. The van der Waals surface area contributed by atoms with Gasteiger partial charge in [0.2, 0.25) is 11.8 Å². The standard InChI is InChI=1S/2C24H26N4O3/c2*1-15-19(14-27(2)26-15)17-8-6-16(7-9-17)12-28-13-18-10-11-25-23(22(18)24(28)30)31-21-5-3-4-20(21)29/h2*6-11,14,20-21,29H,3-5,12-13H2,1-2H3/t2*20-,21-/m10/s1. The molecule has 14 nitrogen and oxygen atoms in total. The maximum absolute atomic E-state index is 13.1. The second-order valence-electron chi connectivity index (χ2n) is 16.9. The Bertz CT molecular complexity index is 2420. The summed E-state index contributed by atoms with van der Waals surface area (Å²) in [5.41, 5.74) is 11.5. The number of nitrogens with zero attached hydrogens (tertiary/aromatic N) is 8. The van der Waals surface area contributed by atoms with E-state index in [1.54, 1.807) is 12.4 Å². The van der Waals surface area contributed by atoms with Crippen LogP contribution in [0, 0.1) is 13.8 Å². The second-order valence-corrected chi connectivity index (χ2v) is 16.9. The van der Waals surface area contributed by atoms with Gasteiger partial charge in [-0.15, -0.1) is 0 Å². The number of amides is 2. The second kappa shape index (κ2) is 17.2. The van der Waals surface area contributed by atoms with Crippen molar-refractivity contribution in [3.8, 4) is 34.0 Å². The van der Waals surface area contributed by atoms with Crippen molar-refractivity contribution in [1.82, 2.24) is 39.3 Å². The number of aryl methyl sites for hydroxylation is 4. The fourth-order valence-electron chi connectivity index (χ4n) is 9.15. The number of ether oxygens (including phenoxy) is 2. The van der Waals surface area contributed by atoms with Gasteiger partial charge in [-0.2, -0.15) is 10.2 Å². The average Bonchev–Trinajstić information content (AvgIpc) is 4.12. The lowest BCUT2D eigenvalue weighted by molar-refractivity contribution is 0.0553. The molecule has 2 fully saturated rings. The van der Waals surface area contributed by atoms with Crippen LogP contribution in [0.25, 0.3) is 22.3 Å². The molecule has 2 saturated carbocycles. The summed E-state index contributed by atoms with van der Waals surface area (Å²) in [6.45, 7) is 6.10. The van der Waals surface area contributed by atoms with Gasteiger partial charge >= 0.3 is 0 Å². The van der Waals surface area contributed by atoms with E-state index < -0.39 is 12.2 Å². The SMILES string of the molecule is Cc1nn(C)cc1-c1ccc(CN2Cc3ccnc(O[C@@H]4CCC[C@H]4O)c3C2=O)cc1.Cc1nn(C)cc1-c1ccc(CN2Cc3ccnc(O[C@H]4CCC[C@@H]4O)c3C2=O)cc1. The van der Waals surface area contributed by atoms with Gasteiger partial charge in [-0.05, 0) is 97.9 Å². The number of aliphatic hydroxyl groups is 2. The summed E-state index contributed by atoms with van der Waals surface area (Å²) in [6.07, 6.45) is 10.7. The largest absolute Gasteiger partial charge is 0.471 e. The van der Waals surface area contributed by atoms with Crippen LogP contribution in [-0.4, -0.2) is 85.8 Å². The molecular weight excluding hydrogens is 785 g/mol. The van der Waals surface area contributed by atoms with E-state index in [-0.39, 0.29) is 24.0 Å². The van der Waals surface area contributed by atoms with Gasteiger partial charge in [0.15, 0.2) is 0 Å². The number of aromatic nitrogens is 6. The maximum Gasteiger partial charge on any atom is 0.260 e. The molecule has 62 heavy (non-hydrogen) atoms. The Morgan fingerprint density at radius 3 is 1.34 bits per heavy atom. The van der Waals surface area contributed by atoms with E-state index in [9.17, 15) is 19.8 Å². The molecule has 6 heterocycles. The number of pyridine rings is 2. The van der Waals surface area contributed by atoms with Gasteiger partial charge in [-0.25, -0.2) is 9.97 Å². The third kappa shape index (κ3) is 8.32. The highest BCUT2D eigenvalue weighted by Gasteiger charge is 2.36. The molecule has 4 aromatic heterocycles. The lowest BCUT2D eigenvalue weighted by atomic mass is 10.0. The van der Waals surface area contributed by atoms with Crippen LogP contribution in [0.15, 0.2) is 85.5 Å². The van der Waals surface area contributed by atoms with Crippen LogP contribution < -0.4 is 9.47 Å². The fourth-order valence-corrected chi connectivity index (χ4v) is 9.15. The summed E-state index contributed by atoms with van der Waals surface area (Å²) in [5, 5.41) is 29.0. The van der Waals surface area contributed by atoms with E-state index in [0.29, 0.717) is 49.1 Å². The van der Waals surface area contributed by atoms with E-state index in [0.717, 1.165) is 94.4 Å². The highest BCUT2D eigenvalue weighted by atomic mass is 16.5. The van der Waals surface area contributed by atoms with Crippen LogP contribution in [0.1, 0.15) is 92.9 Å². The fraction of sp³-hybridized carbons (Fsp3) is 0.375. The molecule has 0 unspecified atom stereocenters. The molecular formula is C48H52N8O6. The normalized spacial score (nSPS) is 20.4. The summed E-state index contributed by atoms with van der Waals surface area (Å²) in [4.78, 5) is 38.5. The van der Waals surface area contributed by atoms with Crippen LogP contribution in [0.5, 0.6) is 11.8 Å². The smallest absolute Gasteiger partial charge is 0.260 e. The molecule has 320 valence electrons. The van der Waals surface area contributed by atoms with Crippen molar-refractivity contribution in [2.75, 3.05) is 0 Å². The molecule has 2 amide bonds. The molecule has 2 aromatic carbocycles. The molecule has 2 aliphatic heterocycles. The molecule has 6 aromatic rings. The number of aliphatic hydroxyl groups excluding tert-OH is 2. The van der Waals surface area contributed by atoms with Crippen molar-refractivity contribution in [2.24, 2.45) is 14.1 Å². The Morgan fingerprint density at radius 2 is 1.00 bits per heavy atom. The molecule has 4 atom stereocenters. The summed E-state index contributed by atoms with van der Waals surface area (Å²) >= 11 is 0. The predicted octanol–water partition coefficient (Wildman–Crippen LogP) is 6.48. The van der Waals surface area contributed by atoms with E-state index in [1.807, 2.05) is 71.6 Å². The first-order valence-corrected chi connectivity index (χ1v) is 21.4. The van der Waals surface area contributed by atoms with Gasteiger partial charge in [-0.3, -0.25) is 19.0 Å². The summed E-state index contributed by atoms with van der Waals surface area (Å²) in [6, 6.07) is 20.3. The van der Waals surface area contributed by atoms with Crippen molar-refractivity contribution in [2.45, 2.75) is 103 Å². The highest BCUT2D eigenvalue weighted by Crippen LogP contribution is 2.35. The number of benzene rings is 2. The zero-order valence-electron chi connectivity index (χ0n) is 35.6. The first kappa shape index (κ1) is 41.0. The minimum Gasteiger partial charge on any atom is -0.471 e. The van der Waals surface area contributed by atoms with Gasteiger partial charge in [0.1, 0.15) is 23.3 Å². The van der Waals surface area contributed by atoms with Gasteiger partial charge in [0.05, 0.1) is 23.6 Å². The zero-order chi connectivity index (χ0) is 43.1. The third-order valence-corrected chi connectivity index (χ3v) is 12.4. The minimum absolute atomic E-state index is 0.0715. The van der Waals surface area contributed by atoms with Crippen molar-refractivity contribution >= 4 is 11.8 Å². The highest BCUT2D eigenvalue weighted by molar-refractivity contribution is 6.01. The van der Waals surface area contributed by atoms with E-state index in [1.165, 1.54) is 0 Å². The van der Waals surface area contributed by atoms with E-state index >= 15 is 0 Å². The molecule has 4 aliphatic rings. The molecule has 2 aliphatic carbocycles. The molecule has 14 heteroatoms. The first-order valence-electron chi connectivity index (χ1n) is 21.4. The lowest BCUT2D eigenvalue weighted by Gasteiger charge is -2.18. The Balaban J connectivity index is 0.000000158. The van der Waals surface area contributed by atoms with E-state index in [2.05, 4.69) is 68.7 Å². The maximum atomic E-state index is 13.1. The molecule has 0 bridgehead atoms. The Labute approximate surface area is 360 Å². The number of carbonyl (C=O) groups excluding carboxylic acids is 2. The van der Waals surface area contributed by atoms with Crippen LogP contribution in [0.4, 0.5) is 0 Å². The number of fused-ring (bicyclic) bond motifs is 2. The Hall–Kier alpha value is -6.38. The van der Waals surface area contributed by atoms with Crippen molar-refractivity contribution in [3.05, 3.63) is 130 Å². The molecule has 0 spiro atoms. The average molecular weight is 837 g/mol. The van der Waals surface area contributed by atoms with Gasteiger partial charge in [0.25, 0.3) is 11.8 Å². The van der Waals surface area contributed by atoms with Crippen LogP contribution >= 0.6 is 0 Å². The minimum atomic E-state index is -0.493.